The van der Waals surface area contributed by atoms with Crippen LogP contribution in [0.15, 0.2) is 18.2 Å². The van der Waals surface area contributed by atoms with E-state index < -0.39 is 5.97 Å². The number of carbonyl (C=O) groups is 1. The molecule has 1 aromatic heterocycles. The predicted octanol–water partition coefficient (Wildman–Crippen LogP) is 2.08. The first-order chi connectivity index (χ1) is 8.61. The lowest BCUT2D eigenvalue weighted by molar-refractivity contribution is 0.0597. The van der Waals surface area contributed by atoms with Gasteiger partial charge in [0.2, 0.25) is 5.13 Å². The Kier molecular flexibility index (Phi) is 3.42. The fraction of sp³-hybridized carbons (Fsp3) is 0.182. The number of para-hydroxylation sites is 1. The normalized spacial score (nSPS) is 10.1. The molecule has 6 nitrogen and oxygen atoms in total. The summed E-state index contributed by atoms with van der Waals surface area (Å²) in [6.07, 6.45) is 0. The average molecular weight is 265 g/mol. The van der Waals surface area contributed by atoms with E-state index in [0.29, 0.717) is 10.8 Å². The molecule has 7 heteroatoms. The predicted molar refractivity (Wildman–Crippen MR) is 67.4 cm³/mol. The van der Waals surface area contributed by atoms with E-state index in [9.17, 15) is 9.90 Å². The molecule has 2 aromatic rings. The number of esters is 1. The lowest BCUT2D eigenvalue weighted by Crippen LogP contribution is -2.02. The molecule has 1 heterocycles. The number of anilines is 2. The number of benzene rings is 1. The number of aromatic hydroxyl groups is 1. The molecule has 0 aliphatic rings. The van der Waals surface area contributed by atoms with Crippen LogP contribution in [0, 0.1) is 6.92 Å². The minimum Gasteiger partial charge on any atom is -0.505 e. The molecule has 0 aliphatic heterocycles. The second-order valence-corrected chi connectivity index (χ2v) is 4.63. The number of nitrogens with one attached hydrogen (secondary N) is 1. The molecule has 0 aliphatic carbocycles. The molecule has 0 saturated carbocycles. The first-order valence-electron chi connectivity index (χ1n) is 5.09. The highest BCUT2D eigenvalue weighted by Gasteiger charge is 2.15. The SMILES string of the molecule is COC(=O)c1cccc(Nc2nnc(C)s2)c1O. The summed E-state index contributed by atoms with van der Waals surface area (Å²) in [6, 6.07) is 4.76. The molecule has 18 heavy (non-hydrogen) atoms. The quantitative estimate of drug-likeness (QED) is 0.653. The van der Waals surface area contributed by atoms with Crippen LogP contribution in [0.1, 0.15) is 15.4 Å². The standard InChI is InChI=1S/C11H11N3O3S/c1-6-13-14-11(18-6)12-8-5-3-4-7(9(8)15)10(16)17-2/h3-5,15H,1-2H3,(H,12,14). The van der Waals surface area contributed by atoms with Gasteiger partial charge in [-0.2, -0.15) is 0 Å². The number of aromatic nitrogens is 2. The van der Waals surface area contributed by atoms with Crippen LogP contribution in [0.3, 0.4) is 0 Å². The van der Waals surface area contributed by atoms with Crippen molar-refractivity contribution in [3.05, 3.63) is 28.8 Å². The topological polar surface area (TPSA) is 84.3 Å². The Morgan fingerprint density at radius 3 is 2.83 bits per heavy atom. The molecule has 0 fully saturated rings. The van der Waals surface area contributed by atoms with E-state index in [4.69, 9.17) is 0 Å². The minimum atomic E-state index is -0.593. The first-order valence-corrected chi connectivity index (χ1v) is 5.91. The maximum atomic E-state index is 11.4. The number of ether oxygens (including phenoxy) is 1. The van der Waals surface area contributed by atoms with Crippen molar-refractivity contribution >= 4 is 28.1 Å². The summed E-state index contributed by atoms with van der Waals surface area (Å²) in [4.78, 5) is 11.4. The van der Waals surface area contributed by atoms with Gasteiger partial charge in [-0.25, -0.2) is 4.79 Å². The maximum absolute atomic E-state index is 11.4. The highest BCUT2D eigenvalue weighted by atomic mass is 32.1. The van der Waals surface area contributed by atoms with Crippen molar-refractivity contribution in [2.75, 3.05) is 12.4 Å². The van der Waals surface area contributed by atoms with Gasteiger partial charge in [0.25, 0.3) is 0 Å². The smallest absolute Gasteiger partial charge is 0.341 e. The van der Waals surface area contributed by atoms with Crippen LogP contribution in [0.25, 0.3) is 0 Å². The number of methoxy groups -OCH3 is 1. The number of hydrogen-bond donors (Lipinski definition) is 2. The Balaban J connectivity index is 2.31. The van der Waals surface area contributed by atoms with Gasteiger partial charge in [0.05, 0.1) is 12.8 Å². The Bertz CT molecular complexity index is 583. The van der Waals surface area contributed by atoms with Crippen LogP contribution in [0.5, 0.6) is 5.75 Å². The van der Waals surface area contributed by atoms with E-state index in [1.54, 1.807) is 12.1 Å². The van der Waals surface area contributed by atoms with Gasteiger partial charge in [0.1, 0.15) is 10.6 Å². The number of phenolic OH excluding ortho intramolecular Hbond substituents is 1. The third-order valence-electron chi connectivity index (χ3n) is 2.21. The lowest BCUT2D eigenvalue weighted by atomic mass is 10.1. The van der Waals surface area contributed by atoms with Crippen molar-refractivity contribution in [1.82, 2.24) is 10.2 Å². The van der Waals surface area contributed by atoms with E-state index in [-0.39, 0.29) is 11.3 Å². The first kappa shape index (κ1) is 12.3. The largest absolute Gasteiger partial charge is 0.505 e. The number of phenols is 1. The second kappa shape index (κ2) is 5.01. The number of carbonyl (C=O) groups excluding carboxylic acids is 1. The molecular formula is C11H11N3O3S. The fourth-order valence-electron chi connectivity index (χ4n) is 1.38. The second-order valence-electron chi connectivity index (χ2n) is 3.44. The van der Waals surface area contributed by atoms with Crippen molar-refractivity contribution in [1.29, 1.82) is 0 Å². The van der Waals surface area contributed by atoms with Crippen LogP contribution < -0.4 is 5.32 Å². The molecule has 94 valence electrons. The molecule has 0 amide bonds. The van der Waals surface area contributed by atoms with Crippen LogP contribution in [0.4, 0.5) is 10.8 Å². The van der Waals surface area contributed by atoms with Crippen LogP contribution in [-0.4, -0.2) is 28.4 Å². The van der Waals surface area contributed by atoms with Crippen LogP contribution >= 0.6 is 11.3 Å². The highest BCUT2D eigenvalue weighted by molar-refractivity contribution is 7.15. The van der Waals surface area contributed by atoms with Gasteiger partial charge >= 0.3 is 5.97 Å². The molecule has 0 spiro atoms. The monoisotopic (exact) mass is 265 g/mol. The Labute approximate surface area is 107 Å². The third kappa shape index (κ3) is 2.40. The Morgan fingerprint density at radius 2 is 2.22 bits per heavy atom. The van der Waals surface area contributed by atoms with Crippen molar-refractivity contribution in [3.8, 4) is 5.75 Å². The number of nitrogens with zero attached hydrogens (tertiary/aromatic N) is 2. The Morgan fingerprint density at radius 1 is 1.44 bits per heavy atom. The van der Waals surface area contributed by atoms with E-state index in [0.717, 1.165) is 5.01 Å². The zero-order valence-electron chi connectivity index (χ0n) is 9.80. The summed E-state index contributed by atoms with van der Waals surface area (Å²) in [5.74, 6) is -0.762. The highest BCUT2D eigenvalue weighted by Crippen LogP contribution is 2.31. The molecule has 0 atom stereocenters. The zero-order chi connectivity index (χ0) is 13.1. The molecule has 1 aromatic carbocycles. The zero-order valence-corrected chi connectivity index (χ0v) is 10.6. The van der Waals surface area contributed by atoms with Gasteiger partial charge in [-0.3, -0.25) is 0 Å². The van der Waals surface area contributed by atoms with Gasteiger partial charge in [-0.15, -0.1) is 10.2 Å². The summed E-state index contributed by atoms with van der Waals surface area (Å²) in [6.45, 7) is 1.83. The summed E-state index contributed by atoms with van der Waals surface area (Å²) in [5, 5.41) is 21.9. The lowest BCUT2D eigenvalue weighted by Gasteiger charge is -2.08. The summed E-state index contributed by atoms with van der Waals surface area (Å²) < 4.78 is 4.57. The minimum absolute atomic E-state index is 0.101. The summed E-state index contributed by atoms with van der Waals surface area (Å²) >= 11 is 1.35. The van der Waals surface area contributed by atoms with Gasteiger partial charge in [-0.05, 0) is 19.1 Å². The van der Waals surface area contributed by atoms with E-state index in [2.05, 4.69) is 20.3 Å². The fourth-order valence-corrected chi connectivity index (χ4v) is 1.99. The molecule has 0 radical (unpaired) electrons. The van der Waals surface area contributed by atoms with Gasteiger partial charge in [0, 0.05) is 0 Å². The molecular weight excluding hydrogens is 254 g/mol. The van der Waals surface area contributed by atoms with Gasteiger partial charge in [-0.1, -0.05) is 17.4 Å². The van der Waals surface area contributed by atoms with Crippen molar-refractivity contribution in [3.63, 3.8) is 0 Å². The van der Waals surface area contributed by atoms with Crippen molar-refractivity contribution < 1.29 is 14.6 Å². The van der Waals surface area contributed by atoms with Gasteiger partial charge < -0.3 is 15.2 Å². The Hall–Kier alpha value is -2.15. The van der Waals surface area contributed by atoms with E-state index in [1.807, 2.05) is 6.92 Å². The van der Waals surface area contributed by atoms with Gasteiger partial charge in [0.15, 0.2) is 5.75 Å². The third-order valence-corrected chi connectivity index (χ3v) is 2.96. The van der Waals surface area contributed by atoms with Crippen molar-refractivity contribution in [2.24, 2.45) is 0 Å². The van der Waals surface area contributed by atoms with Crippen LogP contribution in [0.2, 0.25) is 0 Å². The molecule has 0 unspecified atom stereocenters. The number of rotatable bonds is 3. The number of hydrogen-bond acceptors (Lipinski definition) is 7. The number of aryl methyl sites for hydroxylation is 1. The average Bonchev–Trinajstić information content (AvgIpc) is 2.76. The molecule has 2 N–H and O–H groups in total. The molecule has 0 saturated heterocycles. The maximum Gasteiger partial charge on any atom is 0.341 e. The summed E-state index contributed by atoms with van der Waals surface area (Å²) in [5.41, 5.74) is 0.484. The van der Waals surface area contributed by atoms with Crippen LogP contribution in [-0.2, 0) is 4.74 Å². The van der Waals surface area contributed by atoms with E-state index >= 15 is 0 Å². The summed E-state index contributed by atoms with van der Waals surface area (Å²) in [7, 11) is 1.26. The van der Waals surface area contributed by atoms with E-state index in [1.165, 1.54) is 24.5 Å². The van der Waals surface area contributed by atoms with Crippen molar-refractivity contribution in [2.45, 2.75) is 6.92 Å². The molecule has 2 rings (SSSR count). The molecule has 0 bridgehead atoms.